The average Bonchev–Trinajstić information content (AvgIpc) is 2.98. The number of carbonyl (C=O) groups is 1. The monoisotopic (exact) mass is 436 g/mol. The van der Waals surface area contributed by atoms with Gasteiger partial charge >= 0.3 is 13.2 Å². The second-order valence-electron chi connectivity index (χ2n) is 9.00. The molecule has 0 bridgehead atoms. The number of hydrogen-bond donors (Lipinski definition) is 2. The lowest BCUT2D eigenvalue weighted by Gasteiger charge is -2.32. The van der Waals surface area contributed by atoms with E-state index in [4.69, 9.17) is 19.8 Å². The second kappa shape index (κ2) is 10.3. The average molecular weight is 436 g/mol. The predicted octanol–water partition coefficient (Wildman–Crippen LogP) is 4.13. The minimum Gasteiger partial charge on any atom is -0.445 e. The molecule has 1 aliphatic heterocycles. The molecule has 2 aromatic rings. The number of nitrogens with two attached hydrogens (primary N) is 1. The van der Waals surface area contributed by atoms with E-state index in [2.05, 4.69) is 17.4 Å². The fourth-order valence-corrected chi connectivity index (χ4v) is 3.31. The zero-order valence-corrected chi connectivity index (χ0v) is 19.4. The molecule has 7 heteroatoms. The highest BCUT2D eigenvalue weighted by molar-refractivity contribution is 6.56. The first kappa shape index (κ1) is 24.0. The van der Waals surface area contributed by atoms with Gasteiger partial charge in [0.1, 0.15) is 6.61 Å². The van der Waals surface area contributed by atoms with E-state index >= 15 is 0 Å². The summed E-state index contributed by atoms with van der Waals surface area (Å²) in [5, 5.41) is 2.83. The second-order valence-corrected chi connectivity index (χ2v) is 9.00. The minimum atomic E-state index is -0.571. The SMILES string of the molecule is CC1(C)OB(C(=Cc2ccc(CCN)cc2)CNC(=O)OCc2ccccc2)OC1(C)C. The van der Waals surface area contributed by atoms with Crippen molar-refractivity contribution in [2.75, 3.05) is 13.1 Å². The van der Waals surface area contributed by atoms with Crippen LogP contribution in [0, 0.1) is 0 Å². The van der Waals surface area contributed by atoms with Crippen LogP contribution in [0.5, 0.6) is 0 Å². The van der Waals surface area contributed by atoms with E-state index in [0.717, 1.165) is 23.0 Å². The van der Waals surface area contributed by atoms with Gasteiger partial charge in [0, 0.05) is 6.54 Å². The van der Waals surface area contributed by atoms with Gasteiger partial charge in [-0.2, -0.15) is 0 Å². The smallest absolute Gasteiger partial charge is 0.445 e. The summed E-state index contributed by atoms with van der Waals surface area (Å²) in [4.78, 5) is 12.3. The van der Waals surface area contributed by atoms with Crippen molar-refractivity contribution < 1.29 is 18.8 Å². The van der Waals surface area contributed by atoms with Gasteiger partial charge in [-0.1, -0.05) is 60.7 Å². The maximum Gasteiger partial charge on any atom is 0.492 e. The Hall–Kier alpha value is -2.61. The van der Waals surface area contributed by atoms with Gasteiger partial charge in [0.2, 0.25) is 0 Å². The fourth-order valence-electron chi connectivity index (χ4n) is 3.31. The number of benzene rings is 2. The van der Waals surface area contributed by atoms with Crippen LogP contribution in [-0.2, 0) is 27.1 Å². The molecule has 0 radical (unpaired) electrons. The highest BCUT2D eigenvalue weighted by Crippen LogP contribution is 2.38. The molecule has 6 nitrogen and oxygen atoms in total. The van der Waals surface area contributed by atoms with E-state index in [0.29, 0.717) is 6.54 Å². The Labute approximate surface area is 191 Å². The van der Waals surface area contributed by atoms with Gasteiger partial charge in [-0.25, -0.2) is 4.79 Å². The molecule has 32 heavy (non-hydrogen) atoms. The Morgan fingerprint density at radius 2 is 1.62 bits per heavy atom. The summed E-state index contributed by atoms with van der Waals surface area (Å²) in [6, 6.07) is 17.8. The van der Waals surface area contributed by atoms with Gasteiger partial charge in [-0.3, -0.25) is 0 Å². The zero-order chi connectivity index (χ0) is 23.2. The summed E-state index contributed by atoms with van der Waals surface area (Å²) in [6.07, 6.45) is 2.34. The predicted molar refractivity (Wildman–Crippen MR) is 128 cm³/mol. The summed E-state index contributed by atoms with van der Waals surface area (Å²) in [5.74, 6) is 0. The normalized spacial score (nSPS) is 17.3. The van der Waals surface area contributed by atoms with Crippen molar-refractivity contribution in [3.05, 3.63) is 76.8 Å². The van der Waals surface area contributed by atoms with Gasteiger partial charge in [-0.05, 0) is 62.8 Å². The first-order valence-electron chi connectivity index (χ1n) is 11.0. The van der Waals surface area contributed by atoms with Gasteiger partial charge in [-0.15, -0.1) is 0 Å². The number of alkyl carbamates (subject to hydrolysis) is 1. The molecule has 1 heterocycles. The zero-order valence-electron chi connectivity index (χ0n) is 19.4. The summed E-state index contributed by atoms with van der Waals surface area (Å²) in [7, 11) is -0.571. The number of amides is 1. The molecule has 0 atom stereocenters. The Bertz CT molecular complexity index is 911. The molecule has 1 fully saturated rings. The fraction of sp³-hybridized carbons (Fsp3) is 0.400. The lowest BCUT2D eigenvalue weighted by atomic mass is 9.77. The molecule has 0 aromatic heterocycles. The third-order valence-electron chi connectivity index (χ3n) is 5.97. The van der Waals surface area contributed by atoms with Crippen molar-refractivity contribution in [3.8, 4) is 0 Å². The molecule has 1 saturated heterocycles. The number of rotatable bonds is 8. The molecule has 2 aromatic carbocycles. The quantitative estimate of drug-likeness (QED) is 0.608. The van der Waals surface area contributed by atoms with Gasteiger partial charge in [0.15, 0.2) is 0 Å². The largest absolute Gasteiger partial charge is 0.492 e. The van der Waals surface area contributed by atoms with E-state index < -0.39 is 24.4 Å². The highest BCUT2D eigenvalue weighted by atomic mass is 16.7. The molecule has 170 valence electrons. The molecular weight excluding hydrogens is 403 g/mol. The van der Waals surface area contributed by atoms with Crippen LogP contribution in [0.25, 0.3) is 6.08 Å². The van der Waals surface area contributed by atoms with Crippen LogP contribution in [0.2, 0.25) is 0 Å². The summed E-state index contributed by atoms with van der Waals surface area (Å²) < 4.78 is 17.8. The number of nitrogens with one attached hydrogen (secondary N) is 1. The topological polar surface area (TPSA) is 82.8 Å². The number of ether oxygens (including phenoxy) is 1. The third kappa shape index (κ3) is 6.22. The summed E-state index contributed by atoms with van der Waals surface area (Å²) in [5.41, 5.74) is 8.62. The minimum absolute atomic E-state index is 0.213. The standard InChI is InChI=1S/C25H33BN2O4/c1-24(2)25(3,4)32-26(31-24)22(16-20-12-10-19(11-13-20)14-15-27)17-28-23(29)30-18-21-8-6-5-7-9-21/h5-13,16H,14-15,17-18,27H2,1-4H3,(H,28,29). The first-order valence-corrected chi connectivity index (χ1v) is 11.0. The van der Waals surface area contributed by atoms with Crippen molar-refractivity contribution >= 4 is 19.3 Å². The lowest BCUT2D eigenvalue weighted by Crippen LogP contribution is -2.41. The van der Waals surface area contributed by atoms with Crippen molar-refractivity contribution in [2.45, 2.75) is 51.9 Å². The van der Waals surface area contributed by atoms with E-state index in [1.165, 1.54) is 5.56 Å². The Kier molecular flexibility index (Phi) is 7.77. The highest BCUT2D eigenvalue weighted by Gasteiger charge is 2.52. The molecule has 1 amide bonds. The van der Waals surface area contributed by atoms with E-state index in [-0.39, 0.29) is 13.2 Å². The van der Waals surface area contributed by atoms with Crippen LogP contribution < -0.4 is 11.1 Å². The molecular formula is C25H33BN2O4. The molecule has 0 saturated carbocycles. The molecule has 0 spiro atoms. The third-order valence-corrected chi connectivity index (χ3v) is 5.97. The van der Waals surface area contributed by atoms with Crippen molar-refractivity contribution in [1.29, 1.82) is 0 Å². The van der Waals surface area contributed by atoms with E-state index in [1.807, 2.05) is 76.2 Å². The Morgan fingerprint density at radius 3 is 2.22 bits per heavy atom. The van der Waals surface area contributed by atoms with Crippen molar-refractivity contribution in [1.82, 2.24) is 5.32 Å². The first-order chi connectivity index (χ1) is 15.2. The maximum absolute atomic E-state index is 12.3. The van der Waals surface area contributed by atoms with Gasteiger partial charge < -0.3 is 25.1 Å². The molecule has 3 N–H and O–H groups in total. The van der Waals surface area contributed by atoms with Crippen LogP contribution in [0.3, 0.4) is 0 Å². The Balaban J connectivity index is 1.71. The molecule has 0 unspecified atom stereocenters. The Morgan fingerprint density at radius 1 is 1.00 bits per heavy atom. The van der Waals surface area contributed by atoms with Crippen LogP contribution >= 0.6 is 0 Å². The van der Waals surface area contributed by atoms with E-state index in [1.54, 1.807) is 0 Å². The van der Waals surface area contributed by atoms with Crippen LogP contribution in [0.4, 0.5) is 4.79 Å². The molecule has 0 aliphatic carbocycles. The van der Waals surface area contributed by atoms with Crippen LogP contribution in [-0.4, -0.2) is 37.5 Å². The summed E-state index contributed by atoms with van der Waals surface area (Å²) in [6.45, 7) is 9.10. The van der Waals surface area contributed by atoms with Crippen LogP contribution in [0.15, 0.2) is 60.1 Å². The maximum atomic E-state index is 12.3. The van der Waals surface area contributed by atoms with E-state index in [9.17, 15) is 4.79 Å². The number of hydrogen-bond acceptors (Lipinski definition) is 5. The molecule has 1 aliphatic rings. The van der Waals surface area contributed by atoms with Crippen LogP contribution in [0.1, 0.15) is 44.4 Å². The molecule has 3 rings (SSSR count). The van der Waals surface area contributed by atoms with Crippen molar-refractivity contribution in [3.63, 3.8) is 0 Å². The van der Waals surface area contributed by atoms with Gasteiger partial charge in [0.25, 0.3) is 0 Å². The lowest BCUT2D eigenvalue weighted by molar-refractivity contribution is 0.00578. The summed E-state index contributed by atoms with van der Waals surface area (Å²) >= 11 is 0. The number of carbonyl (C=O) groups excluding carboxylic acids is 1. The van der Waals surface area contributed by atoms with Gasteiger partial charge in [0.05, 0.1) is 11.2 Å². The van der Waals surface area contributed by atoms with Crippen molar-refractivity contribution in [2.24, 2.45) is 5.73 Å².